The van der Waals surface area contributed by atoms with Crippen LogP contribution in [0.3, 0.4) is 0 Å². The van der Waals surface area contributed by atoms with Crippen LogP contribution in [0.15, 0.2) is 67.0 Å². The first kappa shape index (κ1) is 24.8. The maximum Gasteiger partial charge on any atom is 0.413 e. The zero-order valence-corrected chi connectivity index (χ0v) is 21.4. The quantitative estimate of drug-likeness (QED) is 0.207. The molecule has 0 spiro atoms. The number of carbonyl (C=O) groups excluding carboxylic acids is 1. The Kier molecular flexibility index (Phi) is 7.15. The summed E-state index contributed by atoms with van der Waals surface area (Å²) in [7, 11) is 0. The zero-order valence-electron chi connectivity index (χ0n) is 19.9. The number of fused-ring (bicyclic) bond motifs is 3. The van der Waals surface area contributed by atoms with Gasteiger partial charge in [-0.25, -0.2) is 4.79 Å². The number of aromatic amines is 1. The summed E-state index contributed by atoms with van der Waals surface area (Å²) in [5.41, 5.74) is 4.46. The summed E-state index contributed by atoms with van der Waals surface area (Å²) in [4.78, 5) is 15.5. The van der Waals surface area contributed by atoms with E-state index < -0.39 is 11.7 Å². The number of anilines is 2. The number of ether oxygens (including phenoxy) is 1. The van der Waals surface area contributed by atoms with E-state index in [0.717, 1.165) is 38.7 Å². The van der Waals surface area contributed by atoms with Crippen molar-refractivity contribution in [3.63, 3.8) is 0 Å². The largest absolute Gasteiger partial charge is 0.444 e. The second kappa shape index (κ2) is 10.1. The van der Waals surface area contributed by atoms with Crippen LogP contribution in [-0.4, -0.2) is 23.2 Å². The average molecular weight is 511 g/mol. The molecule has 0 atom stereocenters. The molecule has 0 aliphatic heterocycles. The van der Waals surface area contributed by atoms with Crippen molar-refractivity contribution in [1.82, 2.24) is 15.6 Å². The molecule has 0 bridgehead atoms. The summed E-state index contributed by atoms with van der Waals surface area (Å²) < 4.78 is 5.27. The summed E-state index contributed by atoms with van der Waals surface area (Å²) in [6.45, 7) is 9.87. The predicted octanol–water partition coefficient (Wildman–Crippen LogP) is 7.50. The zero-order chi connectivity index (χ0) is 25.2. The van der Waals surface area contributed by atoms with E-state index in [-0.39, 0.29) is 0 Å². The van der Waals surface area contributed by atoms with Gasteiger partial charge in [0.25, 0.3) is 0 Å². The van der Waals surface area contributed by atoms with Crippen molar-refractivity contribution >= 4 is 62.5 Å². The predicted molar refractivity (Wildman–Crippen MR) is 146 cm³/mol. The molecule has 35 heavy (non-hydrogen) atoms. The lowest BCUT2D eigenvalue weighted by molar-refractivity contribution is 0.0542. The minimum atomic E-state index is -0.577. The van der Waals surface area contributed by atoms with Crippen LogP contribution in [0.5, 0.6) is 0 Å². The monoisotopic (exact) mass is 510 g/mol. The lowest BCUT2D eigenvalue weighted by Crippen LogP contribution is -2.36. The number of benzene rings is 3. The van der Waals surface area contributed by atoms with Gasteiger partial charge in [-0.3, -0.25) is 5.32 Å². The Labute approximate surface area is 214 Å². The molecule has 0 aliphatic rings. The van der Waals surface area contributed by atoms with Crippen molar-refractivity contribution in [3.8, 4) is 0 Å². The van der Waals surface area contributed by atoms with Crippen molar-refractivity contribution in [1.29, 1.82) is 0 Å². The highest BCUT2D eigenvalue weighted by molar-refractivity contribution is 6.32. The number of alkyl carbamates (subject to hydrolysis) is 1. The molecule has 0 saturated carbocycles. The highest BCUT2D eigenvalue weighted by Gasteiger charge is 2.16. The second-order valence-electron chi connectivity index (χ2n) is 9.29. The molecular formula is C27H28Cl2N4O2. The highest BCUT2D eigenvalue weighted by Crippen LogP contribution is 2.33. The SMILES string of the molecule is C=C(NCCc1cc(Nc2ccc(Cl)cc2)cc2c1[nH]c1ccc(Cl)cc12)NC(=O)OC(C)(C)C. The fraction of sp³-hybridized carbons (Fsp3) is 0.222. The molecule has 4 rings (SSSR count). The van der Waals surface area contributed by atoms with E-state index in [4.69, 9.17) is 27.9 Å². The number of hydrogen-bond acceptors (Lipinski definition) is 4. The minimum absolute atomic E-state index is 0.384. The van der Waals surface area contributed by atoms with Gasteiger partial charge in [0.05, 0.1) is 0 Å². The normalized spacial score (nSPS) is 11.5. The van der Waals surface area contributed by atoms with Crippen molar-refractivity contribution in [2.75, 3.05) is 11.9 Å². The van der Waals surface area contributed by atoms with Crippen LogP contribution < -0.4 is 16.0 Å². The Morgan fingerprint density at radius 1 is 0.971 bits per heavy atom. The van der Waals surface area contributed by atoms with Gasteiger partial charge in [-0.15, -0.1) is 0 Å². The van der Waals surface area contributed by atoms with Crippen molar-refractivity contribution < 1.29 is 9.53 Å². The van der Waals surface area contributed by atoms with Gasteiger partial charge >= 0.3 is 6.09 Å². The van der Waals surface area contributed by atoms with Crippen LogP contribution in [0.4, 0.5) is 16.2 Å². The molecule has 4 N–H and O–H groups in total. The number of amides is 1. The summed E-state index contributed by atoms with van der Waals surface area (Å²) >= 11 is 12.3. The molecule has 1 aromatic heterocycles. The van der Waals surface area contributed by atoms with Crippen LogP contribution >= 0.6 is 23.2 Å². The topological polar surface area (TPSA) is 78.2 Å². The first-order valence-corrected chi connectivity index (χ1v) is 12.0. The number of H-pyrrole nitrogens is 1. The number of rotatable bonds is 7. The molecule has 0 fully saturated rings. The second-order valence-corrected chi connectivity index (χ2v) is 10.2. The van der Waals surface area contributed by atoms with Crippen LogP contribution in [0.2, 0.25) is 10.0 Å². The first-order valence-electron chi connectivity index (χ1n) is 11.3. The molecule has 3 aromatic carbocycles. The molecule has 0 unspecified atom stereocenters. The number of carbonyl (C=O) groups is 1. The molecular weight excluding hydrogens is 483 g/mol. The molecule has 0 radical (unpaired) electrons. The van der Waals surface area contributed by atoms with Crippen molar-refractivity contribution in [2.45, 2.75) is 32.8 Å². The first-order chi connectivity index (χ1) is 16.6. The Balaban J connectivity index is 1.57. The van der Waals surface area contributed by atoms with Crippen molar-refractivity contribution in [3.05, 3.63) is 82.6 Å². The summed E-state index contributed by atoms with van der Waals surface area (Å²) in [5, 5.41) is 12.7. The molecule has 6 nitrogen and oxygen atoms in total. The van der Waals surface area contributed by atoms with Crippen LogP contribution in [0.1, 0.15) is 26.3 Å². The lowest BCUT2D eigenvalue weighted by Gasteiger charge is -2.20. The van der Waals surface area contributed by atoms with E-state index in [0.29, 0.717) is 28.8 Å². The van der Waals surface area contributed by atoms with Gasteiger partial charge in [0.2, 0.25) is 0 Å². The van der Waals surface area contributed by atoms with Gasteiger partial charge in [-0.05, 0) is 87.4 Å². The lowest BCUT2D eigenvalue weighted by atomic mass is 10.0. The Bertz CT molecular complexity index is 1390. The summed E-state index contributed by atoms with van der Waals surface area (Å²) in [6, 6.07) is 17.6. The van der Waals surface area contributed by atoms with Crippen LogP contribution in [-0.2, 0) is 11.2 Å². The van der Waals surface area contributed by atoms with E-state index in [1.54, 1.807) is 0 Å². The fourth-order valence-electron chi connectivity index (χ4n) is 3.83. The number of nitrogens with one attached hydrogen (secondary N) is 4. The van der Waals surface area contributed by atoms with Gasteiger partial charge in [0, 0.05) is 49.8 Å². The number of hydrogen-bond donors (Lipinski definition) is 4. The van der Waals surface area contributed by atoms with Gasteiger partial charge in [0.1, 0.15) is 11.4 Å². The molecule has 0 aliphatic carbocycles. The third-order valence-corrected chi connectivity index (χ3v) is 5.76. The van der Waals surface area contributed by atoms with Crippen LogP contribution in [0.25, 0.3) is 21.8 Å². The number of halogens is 2. The van der Waals surface area contributed by atoms with Gasteiger partial charge in [-0.2, -0.15) is 0 Å². The molecule has 4 aromatic rings. The van der Waals surface area contributed by atoms with Gasteiger partial charge in [-0.1, -0.05) is 29.8 Å². The van der Waals surface area contributed by atoms with E-state index in [1.165, 1.54) is 0 Å². The van der Waals surface area contributed by atoms with E-state index in [2.05, 4.69) is 39.6 Å². The smallest absolute Gasteiger partial charge is 0.413 e. The van der Waals surface area contributed by atoms with Crippen LogP contribution in [0, 0.1) is 0 Å². The van der Waals surface area contributed by atoms with E-state index >= 15 is 0 Å². The van der Waals surface area contributed by atoms with E-state index in [1.807, 2.05) is 63.2 Å². The van der Waals surface area contributed by atoms with Gasteiger partial charge in [0.15, 0.2) is 0 Å². The molecule has 1 amide bonds. The Morgan fingerprint density at radius 2 is 1.69 bits per heavy atom. The van der Waals surface area contributed by atoms with E-state index in [9.17, 15) is 4.79 Å². The molecule has 0 saturated heterocycles. The number of aromatic nitrogens is 1. The maximum absolute atomic E-state index is 12.0. The summed E-state index contributed by atoms with van der Waals surface area (Å²) in [6.07, 6.45) is 0.140. The third-order valence-electron chi connectivity index (χ3n) is 5.27. The standard InChI is InChI=1S/C27H28Cl2N4O2/c1-16(31-26(34)35-27(2,3)4)30-12-11-17-13-21(32-20-8-5-18(28)6-9-20)15-23-22-14-19(29)7-10-24(22)33-25(17)23/h5-10,13-15,30,32-33H,1,11-12H2,2-4H3,(H,31,34). The van der Waals surface area contributed by atoms with Gasteiger partial charge < -0.3 is 20.4 Å². The summed E-state index contributed by atoms with van der Waals surface area (Å²) in [5.74, 6) is 0.384. The maximum atomic E-state index is 12.0. The Morgan fingerprint density at radius 3 is 2.40 bits per heavy atom. The molecule has 8 heteroatoms. The molecule has 1 heterocycles. The minimum Gasteiger partial charge on any atom is -0.444 e. The van der Waals surface area contributed by atoms with Crippen molar-refractivity contribution in [2.24, 2.45) is 0 Å². The Hall–Kier alpha value is -3.35. The highest BCUT2D eigenvalue weighted by atomic mass is 35.5. The third kappa shape index (κ3) is 6.41. The average Bonchev–Trinajstić information content (AvgIpc) is 3.12. The molecule has 182 valence electrons. The fourth-order valence-corrected chi connectivity index (χ4v) is 4.13.